The van der Waals surface area contributed by atoms with Crippen LogP contribution < -0.4 is 4.90 Å². The number of pyridine rings is 1. The molecule has 0 saturated carbocycles. The van der Waals surface area contributed by atoms with Crippen LogP contribution in [-0.2, 0) is 4.79 Å². The third-order valence-electron chi connectivity index (χ3n) is 3.37. The standard InChI is InChI=1S/C18H13FN2O/c19-16-3-7-18(8-4-16)21(13-22)17-5-1-14(2-6-17)15-9-11-20-12-10-15/h1-13H. The topological polar surface area (TPSA) is 33.2 Å². The molecule has 1 heterocycles. The van der Waals surface area contributed by atoms with Gasteiger partial charge >= 0.3 is 0 Å². The molecule has 0 aliphatic rings. The van der Waals surface area contributed by atoms with Gasteiger partial charge in [-0.2, -0.15) is 0 Å². The minimum atomic E-state index is -0.331. The van der Waals surface area contributed by atoms with Crippen LogP contribution in [0.1, 0.15) is 0 Å². The molecule has 0 N–H and O–H groups in total. The summed E-state index contributed by atoms with van der Waals surface area (Å²) < 4.78 is 13.0. The first-order valence-corrected chi connectivity index (χ1v) is 6.78. The first-order chi connectivity index (χ1) is 10.8. The van der Waals surface area contributed by atoms with Crippen LogP contribution in [0.5, 0.6) is 0 Å². The van der Waals surface area contributed by atoms with E-state index in [9.17, 15) is 9.18 Å². The van der Waals surface area contributed by atoms with Gasteiger partial charge in [0.1, 0.15) is 5.82 Å². The third kappa shape index (κ3) is 2.86. The van der Waals surface area contributed by atoms with Crippen LogP contribution in [0.4, 0.5) is 15.8 Å². The number of rotatable bonds is 4. The highest BCUT2D eigenvalue weighted by molar-refractivity contribution is 5.86. The molecule has 2 aromatic carbocycles. The number of anilines is 2. The molecule has 1 amide bonds. The van der Waals surface area contributed by atoms with Crippen molar-refractivity contribution < 1.29 is 9.18 Å². The fourth-order valence-corrected chi connectivity index (χ4v) is 2.23. The van der Waals surface area contributed by atoms with Crippen LogP contribution in [0.15, 0.2) is 73.1 Å². The van der Waals surface area contributed by atoms with Gasteiger partial charge in [-0.15, -0.1) is 0 Å². The summed E-state index contributed by atoms with van der Waals surface area (Å²) in [4.78, 5) is 16.8. The zero-order chi connectivity index (χ0) is 15.4. The van der Waals surface area contributed by atoms with Gasteiger partial charge in [-0.05, 0) is 59.7 Å². The molecule has 0 aliphatic heterocycles. The van der Waals surface area contributed by atoms with Crippen LogP contribution >= 0.6 is 0 Å². The van der Waals surface area contributed by atoms with Crippen LogP contribution in [0.2, 0.25) is 0 Å². The highest BCUT2D eigenvalue weighted by Crippen LogP contribution is 2.27. The molecule has 3 nitrogen and oxygen atoms in total. The van der Waals surface area contributed by atoms with Crippen LogP contribution in [-0.4, -0.2) is 11.4 Å². The molecule has 22 heavy (non-hydrogen) atoms. The third-order valence-corrected chi connectivity index (χ3v) is 3.37. The summed E-state index contributed by atoms with van der Waals surface area (Å²) in [6, 6.07) is 17.2. The summed E-state index contributed by atoms with van der Waals surface area (Å²) in [6.07, 6.45) is 4.19. The number of amides is 1. The van der Waals surface area contributed by atoms with E-state index in [1.165, 1.54) is 17.0 Å². The summed E-state index contributed by atoms with van der Waals surface area (Å²) in [7, 11) is 0. The SMILES string of the molecule is O=CN(c1ccc(F)cc1)c1ccc(-c2ccncc2)cc1. The van der Waals surface area contributed by atoms with Crippen molar-refractivity contribution in [1.82, 2.24) is 4.98 Å². The smallest absolute Gasteiger partial charge is 0.218 e. The van der Waals surface area contributed by atoms with Crippen LogP contribution in [0.25, 0.3) is 11.1 Å². The maximum atomic E-state index is 13.0. The summed E-state index contributed by atoms with van der Waals surface area (Å²) in [5.41, 5.74) is 3.43. The van der Waals surface area contributed by atoms with Gasteiger partial charge in [-0.3, -0.25) is 14.7 Å². The predicted octanol–water partition coefficient (Wildman–Crippen LogP) is 4.18. The Morgan fingerprint density at radius 3 is 1.82 bits per heavy atom. The molecule has 1 aromatic heterocycles. The second kappa shape index (κ2) is 6.18. The highest BCUT2D eigenvalue weighted by Gasteiger charge is 2.08. The molecule has 0 unspecified atom stereocenters. The highest BCUT2D eigenvalue weighted by atomic mass is 19.1. The molecule has 0 spiro atoms. The van der Waals surface area contributed by atoms with Crippen molar-refractivity contribution in [3.63, 3.8) is 0 Å². The second-order valence-corrected chi connectivity index (χ2v) is 4.73. The van der Waals surface area contributed by atoms with Gasteiger partial charge in [-0.1, -0.05) is 12.1 Å². The van der Waals surface area contributed by atoms with E-state index in [0.29, 0.717) is 12.1 Å². The van der Waals surface area contributed by atoms with E-state index < -0.39 is 0 Å². The summed E-state index contributed by atoms with van der Waals surface area (Å²) >= 11 is 0. The normalized spacial score (nSPS) is 10.2. The van der Waals surface area contributed by atoms with Crippen molar-refractivity contribution >= 4 is 17.8 Å². The lowest BCUT2D eigenvalue weighted by Crippen LogP contribution is -2.13. The number of nitrogens with zero attached hydrogens (tertiary/aromatic N) is 2. The predicted molar refractivity (Wildman–Crippen MR) is 84.3 cm³/mol. The van der Waals surface area contributed by atoms with E-state index >= 15 is 0 Å². The lowest BCUT2D eigenvalue weighted by molar-refractivity contribution is -0.106. The van der Waals surface area contributed by atoms with E-state index in [-0.39, 0.29) is 5.82 Å². The molecule has 0 aliphatic carbocycles. The average Bonchev–Trinajstić information content (AvgIpc) is 2.59. The van der Waals surface area contributed by atoms with E-state index in [1.807, 2.05) is 36.4 Å². The van der Waals surface area contributed by atoms with Gasteiger partial charge in [0.2, 0.25) is 6.41 Å². The molecule has 0 atom stereocenters. The van der Waals surface area contributed by atoms with Crippen LogP contribution in [0.3, 0.4) is 0 Å². The summed E-state index contributed by atoms with van der Waals surface area (Å²) in [6.45, 7) is 0. The molecule has 0 radical (unpaired) electrons. The van der Waals surface area contributed by atoms with Gasteiger partial charge in [0, 0.05) is 23.8 Å². The number of halogens is 1. The Bertz CT molecular complexity index is 755. The van der Waals surface area contributed by atoms with Gasteiger partial charge in [0.15, 0.2) is 0 Å². The Kier molecular flexibility index (Phi) is 3.92. The minimum Gasteiger partial charge on any atom is -0.284 e. The Morgan fingerprint density at radius 1 is 0.773 bits per heavy atom. The quantitative estimate of drug-likeness (QED) is 0.676. The van der Waals surface area contributed by atoms with Crippen molar-refractivity contribution in [3.05, 3.63) is 78.9 Å². The van der Waals surface area contributed by atoms with Gasteiger partial charge in [-0.25, -0.2) is 4.39 Å². The number of aromatic nitrogens is 1. The fourth-order valence-electron chi connectivity index (χ4n) is 2.23. The molecule has 3 rings (SSSR count). The number of carbonyl (C=O) groups is 1. The maximum absolute atomic E-state index is 13.0. The zero-order valence-electron chi connectivity index (χ0n) is 11.7. The number of benzene rings is 2. The van der Waals surface area contributed by atoms with E-state index in [1.54, 1.807) is 24.5 Å². The van der Waals surface area contributed by atoms with E-state index in [0.717, 1.165) is 16.8 Å². The maximum Gasteiger partial charge on any atom is 0.218 e. The van der Waals surface area contributed by atoms with E-state index in [2.05, 4.69) is 4.98 Å². The minimum absolute atomic E-state index is 0.331. The molecular formula is C18H13FN2O. The molecular weight excluding hydrogens is 279 g/mol. The van der Waals surface area contributed by atoms with Gasteiger partial charge in [0.25, 0.3) is 0 Å². The Balaban J connectivity index is 1.90. The molecule has 3 aromatic rings. The van der Waals surface area contributed by atoms with Crippen LogP contribution in [0, 0.1) is 5.82 Å². The molecule has 0 saturated heterocycles. The lowest BCUT2D eigenvalue weighted by atomic mass is 10.1. The molecule has 108 valence electrons. The lowest BCUT2D eigenvalue weighted by Gasteiger charge is -2.18. The Hall–Kier alpha value is -3.01. The fraction of sp³-hybridized carbons (Fsp3) is 0. The first-order valence-electron chi connectivity index (χ1n) is 6.78. The first kappa shape index (κ1) is 13.9. The van der Waals surface area contributed by atoms with Crippen molar-refractivity contribution in [3.8, 4) is 11.1 Å². The second-order valence-electron chi connectivity index (χ2n) is 4.73. The summed E-state index contributed by atoms with van der Waals surface area (Å²) in [5, 5.41) is 0. The number of hydrogen-bond acceptors (Lipinski definition) is 2. The molecule has 0 fully saturated rings. The Morgan fingerprint density at radius 2 is 1.27 bits per heavy atom. The average molecular weight is 292 g/mol. The van der Waals surface area contributed by atoms with Crippen molar-refractivity contribution in [2.75, 3.05) is 4.90 Å². The van der Waals surface area contributed by atoms with Gasteiger partial charge < -0.3 is 0 Å². The monoisotopic (exact) mass is 292 g/mol. The molecule has 0 bridgehead atoms. The number of hydrogen-bond donors (Lipinski definition) is 0. The largest absolute Gasteiger partial charge is 0.284 e. The summed E-state index contributed by atoms with van der Waals surface area (Å²) in [5.74, 6) is -0.331. The van der Waals surface area contributed by atoms with Crippen molar-refractivity contribution in [1.29, 1.82) is 0 Å². The van der Waals surface area contributed by atoms with E-state index in [4.69, 9.17) is 0 Å². The van der Waals surface area contributed by atoms with Gasteiger partial charge in [0.05, 0.1) is 0 Å². The Labute approximate surface area is 127 Å². The number of carbonyl (C=O) groups excluding carboxylic acids is 1. The van der Waals surface area contributed by atoms with Crippen molar-refractivity contribution in [2.45, 2.75) is 0 Å². The van der Waals surface area contributed by atoms with Crippen molar-refractivity contribution in [2.24, 2.45) is 0 Å². The zero-order valence-corrected chi connectivity index (χ0v) is 11.7. The molecule has 4 heteroatoms.